The van der Waals surface area contributed by atoms with Crippen LogP contribution in [0.15, 0.2) is 0 Å². The molecule has 18 heavy (non-hydrogen) atoms. The zero-order valence-corrected chi connectivity index (χ0v) is 13.2. The minimum atomic E-state index is 0.696. The Labute approximate surface area is 115 Å². The van der Waals surface area contributed by atoms with Crippen LogP contribution in [0.3, 0.4) is 0 Å². The van der Waals surface area contributed by atoms with Crippen molar-refractivity contribution in [3.05, 3.63) is 0 Å². The van der Waals surface area contributed by atoms with Crippen molar-refractivity contribution < 1.29 is 0 Å². The van der Waals surface area contributed by atoms with Gasteiger partial charge in [-0.1, -0.05) is 47.0 Å². The third kappa shape index (κ3) is 4.24. The molecule has 1 saturated heterocycles. The standard InChI is InChI=1S/C16H34N2/c1-6-9-10-14(5)18-12-16(13(4)7-2)17-11-15(18)8-3/h13-17H,6-12H2,1-5H3. The van der Waals surface area contributed by atoms with Crippen molar-refractivity contribution in [2.45, 2.75) is 84.8 Å². The molecule has 0 aromatic carbocycles. The van der Waals surface area contributed by atoms with Gasteiger partial charge in [0, 0.05) is 31.2 Å². The van der Waals surface area contributed by atoms with Crippen molar-refractivity contribution in [2.75, 3.05) is 13.1 Å². The molecule has 108 valence electrons. The second-order valence-electron chi connectivity index (χ2n) is 6.15. The SMILES string of the molecule is CCCCC(C)N1CC(C(C)CC)NCC1CC. The maximum atomic E-state index is 3.77. The minimum Gasteiger partial charge on any atom is -0.311 e. The number of nitrogens with one attached hydrogen (secondary N) is 1. The molecule has 1 N–H and O–H groups in total. The molecule has 2 nitrogen and oxygen atoms in total. The van der Waals surface area contributed by atoms with Crippen molar-refractivity contribution in [3.63, 3.8) is 0 Å². The van der Waals surface area contributed by atoms with Gasteiger partial charge in [-0.15, -0.1) is 0 Å². The van der Waals surface area contributed by atoms with Crippen LogP contribution in [-0.4, -0.2) is 36.1 Å². The van der Waals surface area contributed by atoms with Gasteiger partial charge in [-0.3, -0.25) is 4.90 Å². The zero-order chi connectivity index (χ0) is 13.5. The first-order chi connectivity index (χ1) is 8.63. The van der Waals surface area contributed by atoms with E-state index >= 15 is 0 Å². The van der Waals surface area contributed by atoms with Crippen LogP contribution in [-0.2, 0) is 0 Å². The lowest BCUT2D eigenvalue weighted by Crippen LogP contribution is -2.60. The van der Waals surface area contributed by atoms with Gasteiger partial charge in [0.1, 0.15) is 0 Å². The molecular formula is C16H34N2. The highest BCUT2D eigenvalue weighted by Gasteiger charge is 2.31. The predicted octanol–water partition coefficient (Wildman–Crippen LogP) is 3.66. The Morgan fingerprint density at radius 2 is 1.94 bits per heavy atom. The molecule has 1 fully saturated rings. The first kappa shape index (κ1) is 16.0. The molecule has 0 amide bonds. The molecule has 4 atom stereocenters. The van der Waals surface area contributed by atoms with Crippen LogP contribution >= 0.6 is 0 Å². The van der Waals surface area contributed by atoms with Crippen molar-refractivity contribution in [2.24, 2.45) is 5.92 Å². The Hall–Kier alpha value is -0.0800. The maximum absolute atomic E-state index is 3.77. The smallest absolute Gasteiger partial charge is 0.0221 e. The maximum Gasteiger partial charge on any atom is 0.0221 e. The summed E-state index contributed by atoms with van der Waals surface area (Å²) in [6.45, 7) is 14.2. The average Bonchev–Trinajstić information content (AvgIpc) is 2.43. The molecule has 0 bridgehead atoms. The van der Waals surface area contributed by atoms with Crippen molar-refractivity contribution >= 4 is 0 Å². The highest BCUT2D eigenvalue weighted by Crippen LogP contribution is 2.21. The largest absolute Gasteiger partial charge is 0.311 e. The third-order valence-corrected chi connectivity index (χ3v) is 4.84. The average molecular weight is 254 g/mol. The first-order valence-electron chi connectivity index (χ1n) is 8.13. The summed E-state index contributed by atoms with van der Waals surface area (Å²) in [5.41, 5.74) is 0. The van der Waals surface area contributed by atoms with Crippen LogP contribution < -0.4 is 5.32 Å². The van der Waals surface area contributed by atoms with E-state index < -0.39 is 0 Å². The van der Waals surface area contributed by atoms with E-state index in [9.17, 15) is 0 Å². The zero-order valence-electron chi connectivity index (χ0n) is 13.2. The monoisotopic (exact) mass is 254 g/mol. The van der Waals surface area contributed by atoms with Crippen LogP contribution in [0.5, 0.6) is 0 Å². The topological polar surface area (TPSA) is 15.3 Å². The first-order valence-corrected chi connectivity index (χ1v) is 8.13. The number of hydrogen-bond acceptors (Lipinski definition) is 2. The summed E-state index contributed by atoms with van der Waals surface area (Å²) in [5.74, 6) is 0.795. The van der Waals surface area contributed by atoms with Gasteiger partial charge in [-0.2, -0.15) is 0 Å². The van der Waals surface area contributed by atoms with Gasteiger partial charge in [0.15, 0.2) is 0 Å². The van der Waals surface area contributed by atoms with E-state index in [4.69, 9.17) is 0 Å². The third-order valence-electron chi connectivity index (χ3n) is 4.84. The molecule has 4 unspecified atom stereocenters. The number of piperazine rings is 1. The van der Waals surface area contributed by atoms with E-state index in [0.29, 0.717) is 6.04 Å². The van der Waals surface area contributed by atoms with Crippen molar-refractivity contribution in [1.82, 2.24) is 10.2 Å². The molecule has 0 radical (unpaired) electrons. The van der Waals surface area contributed by atoms with Crippen molar-refractivity contribution in [3.8, 4) is 0 Å². The normalized spacial score (nSPS) is 29.2. The molecule has 1 aliphatic heterocycles. The molecule has 2 heteroatoms. The van der Waals surface area contributed by atoms with E-state index in [1.54, 1.807) is 0 Å². The number of hydrogen-bond donors (Lipinski definition) is 1. The lowest BCUT2D eigenvalue weighted by atomic mass is 9.93. The lowest BCUT2D eigenvalue weighted by Gasteiger charge is -2.45. The Morgan fingerprint density at radius 3 is 2.50 bits per heavy atom. The number of nitrogens with zero attached hydrogens (tertiary/aromatic N) is 1. The fourth-order valence-corrected chi connectivity index (χ4v) is 3.10. The van der Waals surface area contributed by atoms with E-state index in [-0.39, 0.29) is 0 Å². The van der Waals surface area contributed by atoms with Crippen LogP contribution in [0, 0.1) is 5.92 Å². The Kier molecular flexibility index (Phi) is 7.25. The number of rotatable bonds is 7. The van der Waals surface area contributed by atoms with Gasteiger partial charge in [-0.25, -0.2) is 0 Å². The van der Waals surface area contributed by atoms with Gasteiger partial charge >= 0.3 is 0 Å². The van der Waals surface area contributed by atoms with Gasteiger partial charge in [0.2, 0.25) is 0 Å². The summed E-state index contributed by atoms with van der Waals surface area (Å²) in [7, 11) is 0. The Balaban J connectivity index is 2.58. The quantitative estimate of drug-likeness (QED) is 0.746. The summed E-state index contributed by atoms with van der Waals surface area (Å²) in [6.07, 6.45) is 6.61. The highest BCUT2D eigenvalue weighted by atomic mass is 15.3. The summed E-state index contributed by atoms with van der Waals surface area (Å²) < 4.78 is 0. The molecule has 0 aromatic rings. The van der Waals surface area contributed by atoms with E-state index in [1.165, 1.54) is 45.2 Å². The summed E-state index contributed by atoms with van der Waals surface area (Å²) in [6, 6.07) is 2.20. The second-order valence-corrected chi connectivity index (χ2v) is 6.15. The summed E-state index contributed by atoms with van der Waals surface area (Å²) in [5, 5.41) is 3.77. The molecule has 0 aromatic heterocycles. The fourth-order valence-electron chi connectivity index (χ4n) is 3.10. The summed E-state index contributed by atoms with van der Waals surface area (Å²) >= 11 is 0. The van der Waals surface area contributed by atoms with Gasteiger partial charge in [-0.05, 0) is 25.7 Å². The Bertz CT molecular complexity index is 217. The van der Waals surface area contributed by atoms with E-state index in [0.717, 1.165) is 18.0 Å². The lowest BCUT2D eigenvalue weighted by molar-refractivity contribution is 0.0665. The Morgan fingerprint density at radius 1 is 1.22 bits per heavy atom. The predicted molar refractivity (Wildman–Crippen MR) is 81.0 cm³/mol. The van der Waals surface area contributed by atoms with Gasteiger partial charge < -0.3 is 5.32 Å². The van der Waals surface area contributed by atoms with Crippen LogP contribution in [0.1, 0.15) is 66.7 Å². The van der Waals surface area contributed by atoms with Crippen LogP contribution in [0.2, 0.25) is 0 Å². The van der Waals surface area contributed by atoms with E-state index in [2.05, 4.69) is 44.8 Å². The van der Waals surface area contributed by atoms with Crippen LogP contribution in [0.4, 0.5) is 0 Å². The fraction of sp³-hybridized carbons (Fsp3) is 1.00. The minimum absolute atomic E-state index is 0.696. The van der Waals surface area contributed by atoms with Crippen LogP contribution in [0.25, 0.3) is 0 Å². The van der Waals surface area contributed by atoms with Crippen molar-refractivity contribution in [1.29, 1.82) is 0 Å². The molecule has 0 aliphatic carbocycles. The number of unbranched alkanes of at least 4 members (excludes halogenated alkanes) is 1. The molecule has 1 aliphatic rings. The summed E-state index contributed by atoms with van der Waals surface area (Å²) in [4.78, 5) is 2.78. The van der Waals surface area contributed by atoms with E-state index in [1.807, 2.05) is 0 Å². The molecule has 0 saturated carbocycles. The molecule has 0 spiro atoms. The van der Waals surface area contributed by atoms with Gasteiger partial charge in [0.25, 0.3) is 0 Å². The highest BCUT2D eigenvalue weighted by molar-refractivity contribution is 4.89. The molecule has 1 heterocycles. The molecule has 1 rings (SSSR count). The molecular weight excluding hydrogens is 220 g/mol. The second kappa shape index (κ2) is 8.16. The van der Waals surface area contributed by atoms with Gasteiger partial charge in [0.05, 0.1) is 0 Å².